The van der Waals surface area contributed by atoms with Crippen molar-refractivity contribution in [2.24, 2.45) is 5.41 Å². The minimum atomic E-state index is -4.79. The van der Waals surface area contributed by atoms with Gasteiger partial charge in [-0.15, -0.1) is 0 Å². The topological polar surface area (TPSA) is 155 Å². The van der Waals surface area contributed by atoms with Crippen LogP contribution < -0.4 is 29.6 Å². The first-order chi connectivity index (χ1) is 20.2. The van der Waals surface area contributed by atoms with Crippen LogP contribution in [0, 0.1) is 12.3 Å². The van der Waals surface area contributed by atoms with Gasteiger partial charge in [-0.2, -0.15) is 0 Å². The van der Waals surface area contributed by atoms with E-state index in [2.05, 4.69) is 13.5 Å². The Labute approximate surface area is 279 Å². The molecule has 0 N–H and O–H groups in total. The van der Waals surface area contributed by atoms with Crippen molar-refractivity contribution in [3.05, 3.63) is 119 Å². The summed E-state index contributed by atoms with van der Waals surface area (Å²) in [5.74, 6) is -2.76. The summed E-state index contributed by atoms with van der Waals surface area (Å²) >= 11 is 0. The predicted molar refractivity (Wildman–Crippen MR) is 158 cm³/mol. The molecule has 3 aromatic carbocycles. The fourth-order valence-corrected chi connectivity index (χ4v) is 8.93. The number of sulfone groups is 3. The van der Waals surface area contributed by atoms with Gasteiger partial charge in [-0.3, -0.25) is 9.59 Å². The van der Waals surface area contributed by atoms with E-state index in [1.165, 1.54) is 78.9 Å². The standard InChI is InChI=1S/C30H29O10S3.Na/c1-22(41(33,34)24-14-8-5-9-15-24)20-30(28(31)39-3,29(32)40-4)21-27(43(37,38)26-18-12-7-13-19-26)23(2)42(35,36)25-16-10-6-11-17-25;/h5-19H,1-2,20-21H2,3-4H3;/q-1;+1/b27-23-;. The number of hydrogen-bond acceptors (Lipinski definition) is 10. The third kappa shape index (κ3) is 7.36. The smallest absolute Gasteiger partial charge is 0.468 e. The predicted octanol–water partition coefficient (Wildman–Crippen LogP) is 1.08. The second-order valence-corrected chi connectivity index (χ2v) is 15.3. The average Bonchev–Trinajstić information content (AvgIpc) is 3.02. The van der Waals surface area contributed by atoms with Gasteiger partial charge in [0.2, 0.25) is 9.84 Å². The molecular formula is C30H29NaO10S3. The molecule has 0 atom stereocenters. The Kier molecular flexibility index (Phi) is 12.4. The van der Waals surface area contributed by atoms with E-state index >= 15 is 0 Å². The summed E-state index contributed by atoms with van der Waals surface area (Å²) in [4.78, 5) is 23.4. The molecule has 228 valence electrons. The van der Waals surface area contributed by atoms with E-state index in [-0.39, 0.29) is 44.2 Å². The van der Waals surface area contributed by atoms with Crippen molar-refractivity contribution >= 4 is 41.5 Å². The summed E-state index contributed by atoms with van der Waals surface area (Å²) in [5.41, 5.74) is -2.71. The largest absolute Gasteiger partial charge is 1.00 e. The number of allylic oxidation sites excluding steroid dienone is 3. The second-order valence-electron chi connectivity index (χ2n) is 9.25. The first-order valence-electron chi connectivity index (χ1n) is 12.5. The van der Waals surface area contributed by atoms with Crippen LogP contribution in [0.2, 0.25) is 0 Å². The van der Waals surface area contributed by atoms with Crippen LogP contribution >= 0.6 is 0 Å². The Morgan fingerprint density at radius 1 is 0.636 bits per heavy atom. The van der Waals surface area contributed by atoms with Crippen molar-refractivity contribution in [1.82, 2.24) is 0 Å². The Hall–Kier alpha value is -3.20. The van der Waals surface area contributed by atoms with Crippen LogP contribution in [-0.2, 0) is 48.6 Å². The van der Waals surface area contributed by atoms with E-state index in [0.717, 1.165) is 14.2 Å². The summed E-state index contributed by atoms with van der Waals surface area (Å²) in [7, 11) is -12.0. The number of ether oxygens (including phenoxy) is 2. The molecule has 10 nitrogen and oxygen atoms in total. The molecule has 0 saturated heterocycles. The van der Waals surface area contributed by atoms with Gasteiger partial charge in [0, 0.05) is 11.3 Å². The number of benzene rings is 3. The molecule has 0 unspecified atom stereocenters. The maximum atomic E-state index is 14.0. The van der Waals surface area contributed by atoms with Gasteiger partial charge in [-0.25, -0.2) is 32.2 Å². The van der Waals surface area contributed by atoms with E-state index in [1.54, 1.807) is 12.1 Å². The van der Waals surface area contributed by atoms with Gasteiger partial charge in [0.25, 0.3) is 0 Å². The molecule has 0 aliphatic rings. The Balaban J connectivity index is 0.00000675. The van der Waals surface area contributed by atoms with Crippen molar-refractivity contribution in [1.29, 1.82) is 0 Å². The number of esters is 2. The van der Waals surface area contributed by atoms with Crippen LogP contribution in [0.4, 0.5) is 0 Å². The van der Waals surface area contributed by atoms with E-state index in [1.807, 2.05) is 0 Å². The third-order valence-electron chi connectivity index (χ3n) is 6.61. The van der Waals surface area contributed by atoms with Gasteiger partial charge >= 0.3 is 41.5 Å². The second kappa shape index (κ2) is 14.7. The monoisotopic (exact) mass is 668 g/mol. The molecule has 0 spiro atoms. The SMILES string of the molecule is C=C(CC(C/C(=C(\[CH2-])S(=O)(=O)c1ccccc1)S(=O)(=O)c1ccccc1)(C(=O)OC)C(=O)OC)S(=O)(=O)c1ccccc1.[Na+]. The average molecular weight is 669 g/mol. The van der Waals surface area contributed by atoms with E-state index in [4.69, 9.17) is 9.47 Å². The molecule has 0 amide bonds. The fraction of sp³-hybridized carbons (Fsp3) is 0.167. The molecule has 3 rings (SSSR count). The molecular weight excluding hydrogens is 640 g/mol. The van der Waals surface area contributed by atoms with Crippen molar-refractivity contribution in [2.75, 3.05) is 14.2 Å². The van der Waals surface area contributed by atoms with Crippen LogP contribution in [-0.4, -0.2) is 51.4 Å². The zero-order valence-corrected chi connectivity index (χ0v) is 28.7. The van der Waals surface area contributed by atoms with Crippen LogP contribution in [0.25, 0.3) is 0 Å². The van der Waals surface area contributed by atoms with Crippen LogP contribution in [0.3, 0.4) is 0 Å². The summed E-state index contributed by atoms with van der Waals surface area (Å²) in [6.45, 7) is 7.16. The van der Waals surface area contributed by atoms with Crippen molar-refractivity contribution < 1.29 is 73.9 Å². The minimum absolute atomic E-state index is 0. The van der Waals surface area contributed by atoms with Gasteiger partial charge in [0.05, 0.1) is 28.9 Å². The van der Waals surface area contributed by atoms with Gasteiger partial charge in [-0.1, -0.05) is 77.4 Å². The summed E-state index contributed by atoms with van der Waals surface area (Å²) < 4.78 is 91.9. The Morgan fingerprint density at radius 3 is 1.34 bits per heavy atom. The van der Waals surface area contributed by atoms with Crippen molar-refractivity contribution in [3.63, 3.8) is 0 Å². The van der Waals surface area contributed by atoms with Crippen LogP contribution in [0.5, 0.6) is 0 Å². The Morgan fingerprint density at radius 2 is 0.977 bits per heavy atom. The van der Waals surface area contributed by atoms with Crippen molar-refractivity contribution in [2.45, 2.75) is 27.5 Å². The molecule has 0 radical (unpaired) electrons. The van der Waals surface area contributed by atoms with E-state index < -0.39 is 74.4 Å². The van der Waals surface area contributed by atoms with Gasteiger partial charge in [0.15, 0.2) is 15.3 Å². The first kappa shape index (κ1) is 37.0. The normalized spacial score (nSPS) is 12.7. The first-order valence-corrected chi connectivity index (χ1v) is 16.9. The molecule has 0 fully saturated rings. The summed E-state index contributed by atoms with van der Waals surface area (Å²) in [6.07, 6.45) is -2.19. The molecule has 0 heterocycles. The quantitative estimate of drug-likeness (QED) is 0.119. The van der Waals surface area contributed by atoms with Crippen molar-refractivity contribution in [3.8, 4) is 0 Å². The number of carbonyl (C=O) groups is 2. The molecule has 0 aliphatic carbocycles. The van der Waals surface area contributed by atoms with E-state index in [0.29, 0.717) is 0 Å². The molecule has 0 aliphatic heterocycles. The number of rotatable bonds is 12. The maximum absolute atomic E-state index is 14.0. The summed E-state index contributed by atoms with van der Waals surface area (Å²) in [6, 6.07) is 20.5. The van der Waals surface area contributed by atoms with Gasteiger partial charge in [0.1, 0.15) is 9.84 Å². The number of carbonyl (C=O) groups excluding carboxylic acids is 2. The van der Waals surface area contributed by atoms with Gasteiger partial charge in [-0.05, 0) is 36.4 Å². The van der Waals surface area contributed by atoms with E-state index in [9.17, 15) is 34.8 Å². The zero-order chi connectivity index (χ0) is 32.1. The molecule has 44 heavy (non-hydrogen) atoms. The third-order valence-corrected chi connectivity index (χ3v) is 12.3. The molecule has 0 aromatic heterocycles. The van der Waals surface area contributed by atoms with Gasteiger partial charge < -0.3 is 9.47 Å². The number of methoxy groups -OCH3 is 2. The fourth-order valence-electron chi connectivity index (χ4n) is 4.27. The van der Waals surface area contributed by atoms with Crippen LogP contribution in [0.1, 0.15) is 12.8 Å². The van der Waals surface area contributed by atoms with Crippen LogP contribution in [0.15, 0.2) is 127 Å². The maximum Gasteiger partial charge on any atom is 1.00 e. The summed E-state index contributed by atoms with van der Waals surface area (Å²) in [5, 5.41) is 0. The molecule has 0 saturated carbocycles. The molecule has 14 heteroatoms. The zero-order valence-electron chi connectivity index (χ0n) is 24.3. The molecule has 0 bridgehead atoms. The Bertz CT molecular complexity index is 1850. The minimum Gasteiger partial charge on any atom is -0.468 e. The number of hydrogen-bond donors (Lipinski definition) is 0. The molecule has 3 aromatic rings.